The van der Waals surface area contributed by atoms with Gasteiger partial charge in [0.15, 0.2) is 0 Å². The molecular weight excluding hydrogens is 316 g/mol. The summed E-state index contributed by atoms with van der Waals surface area (Å²) in [6, 6.07) is 8.19. The highest BCUT2D eigenvalue weighted by Gasteiger charge is 2.23. The lowest BCUT2D eigenvalue weighted by Crippen LogP contribution is -2.49. The molecule has 1 aromatic carbocycles. The van der Waals surface area contributed by atoms with Crippen LogP contribution in [0.3, 0.4) is 0 Å². The van der Waals surface area contributed by atoms with Crippen molar-refractivity contribution in [3.63, 3.8) is 0 Å². The highest BCUT2D eigenvalue weighted by atomic mass is 35.5. The van der Waals surface area contributed by atoms with Gasteiger partial charge in [0.2, 0.25) is 11.8 Å². The van der Waals surface area contributed by atoms with Crippen molar-refractivity contribution in [3.05, 3.63) is 40.7 Å². The van der Waals surface area contributed by atoms with Gasteiger partial charge in [-0.05, 0) is 18.1 Å². The molecule has 0 bridgehead atoms. The third-order valence-corrected chi connectivity index (χ3v) is 4.35. The molecular formula is C16H19ClN4O2. The molecule has 0 aliphatic carbocycles. The van der Waals surface area contributed by atoms with E-state index in [1.165, 1.54) is 0 Å². The van der Waals surface area contributed by atoms with Gasteiger partial charge in [0, 0.05) is 44.5 Å². The summed E-state index contributed by atoms with van der Waals surface area (Å²) in [5.41, 5.74) is 1.02. The third-order valence-electron chi connectivity index (χ3n) is 3.98. The molecule has 0 unspecified atom stereocenters. The van der Waals surface area contributed by atoms with E-state index in [1.807, 2.05) is 34.1 Å². The number of piperazine rings is 1. The first kappa shape index (κ1) is 15.8. The van der Waals surface area contributed by atoms with Crippen molar-refractivity contribution in [2.45, 2.75) is 19.8 Å². The lowest BCUT2D eigenvalue weighted by atomic mass is 10.1. The minimum atomic E-state index is 0.159. The molecule has 23 heavy (non-hydrogen) atoms. The van der Waals surface area contributed by atoms with Crippen LogP contribution < -0.4 is 4.90 Å². The van der Waals surface area contributed by atoms with Crippen molar-refractivity contribution < 1.29 is 9.21 Å². The van der Waals surface area contributed by atoms with Crippen LogP contribution in [0.2, 0.25) is 5.02 Å². The van der Waals surface area contributed by atoms with Crippen molar-refractivity contribution >= 4 is 23.5 Å². The van der Waals surface area contributed by atoms with Gasteiger partial charge in [-0.3, -0.25) is 4.79 Å². The third kappa shape index (κ3) is 3.82. The van der Waals surface area contributed by atoms with Crippen LogP contribution in [-0.4, -0.2) is 47.2 Å². The van der Waals surface area contributed by atoms with E-state index in [0.29, 0.717) is 50.9 Å². The molecule has 1 amide bonds. The number of anilines is 1. The Kier molecular flexibility index (Phi) is 4.81. The van der Waals surface area contributed by atoms with E-state index in [9.17, 15) is 4.79 Å². The molecule has 1 aliphatic rings. The van der Waals surface area contributed by atoms with E-state index in [2.05, 4.69) is 10.2 Å². The van der Waals surface area contributed by atoms with Crippen LogP contribution in [0.25, 0.3) is 0 Å². The molecule has 0 radical (unpaired) electrons. The van der Waals surface area contributed by atoms with Gasteiger partial charge in [-0.25, -0.2) is 0 Å². The fraction of sp³-hybridized carbons (Fsp3) is 0.438. The Bertz CT molecular complexity index is 680. The minimum absolute atomic E-state index is 0.159. The highest BCUT2D eigenvalue weighted by Crippen LogP contribution is 2.18. The Morgan fingerprint density at radius 3 is 2.61 bits per heavy atom. The molecule has 0 N–H and O–H groups in total. The van der Waals surface area contributed by atoms with Crippen molar-refractivity contribution in [3.8, 4) is 0 Å². The van der Waals surface area contributed by atoms with Crippen molar-refractivity contribution in [2.75, 3.05) is 31.1 Å². The second-order valence-corrected chi connectivity index (χ2v) is 5.97. The smallest absolute Gasteiger partial charge is 0.318 e. The number of nitrogens with zero attached hydrogens (tertiary/aromatic N) is 4. The molecule has 1 aromatic heterocycles. The van der Waals surface area contributed by atoms with Crippen LogP contribution in [0.15, 0.2) is 28.7 Å². The first-order valence-corrected chi connectivity index (χ1v) is 8.07. The minimum Gasteiger partial charge on any atom is -0.408 e. The van der Waals surface area contributed by atoms with Gasteiger partial charge < -0.3 is 14.2 Å². The Morgan fingerprint density at radius 1 is 1.22 bits per heavy atom. The van der Waals surface area contributed by atoms with Crippen molar-refractivity contribution in [2.24, 2.45) is 0 Å². The number of amides is 1. The number of aromatic nitrogens is 2. The van der Waals surface area contributed by atoms with Crippen LogP contribution in [0, 0.1) is 6.92 Å². The second-order valence-electron chi connectivity index (χ2n) is 5.56. The molecule has 3 rings (SSSR count). The quantitative estimate of drug-likeness (QED) is 0.858. The van der Waals surface area contributed by atoms with E-state index < -0.39 is 0 Å². The van der Waals surface area contributed by atoms with Crippen molar-refractivity contribution in [1.29, 1.82) is 0 Å². The molecule has 1 aliphatic heterocycles. The molecule has 0 saturated carbocycles. The molecule has 2 aromatic rings. The number of halogens is 1. The summed E-state index contributed by atoms with van der Waals surface area (Å²) in [5, 5.41) is 8.57. The van der Waals surface area contributed by atoms with Gasteiger partial charge in [-0.15, -0.1) is 5.10 Å². The van der Waals surface area contributed by atoms with E-state index >= 15 is 0 Å². The highest BCUT2D eigenvalue weighted by molar-refractivity contribution is 6.31. The van der Waals surface area contributed by atoms with Crippen LogP contribution in [-0.2, 0) is 11.2 Å². The fourth-order valence-electron chi connectivity index (χ4n) is 2.66. The molecule has 7 heteroatoms. The maximum absolute atomic E-state index is 12.3. The molecule has 122 valence electrons. The zero-order valence-corrected chi connectivity index (χ0v) is 13.8. The maximum Gasteiger partial charge on any atom is 0.318 e. The normalized spacial score (nSPS) is 15.0. The summed E-state index contributed by atoms with van der Waals surface area (Å²) in [7, 11) is 0. The summed E-state index contributed by atoms with van der Waals surface area (Å²) < 4.78 is 5.42. The molecule has 1 saturated heterocycles. The predicted molar refractivity (Wildman–Crippen MR) is 87.6 cm³/mol. The molecule has 0 spiro atoms. The predicted octanol–water partition coefficient (Wildman–Crippen LogP) is 2.31. The molecule has 0 atom stereocenters. The second kappa shape index (κ2) is 7.00. The van der Waals surface area contributed by atoms with E-state index in [1.54, 1.807) is 6.92 Å². The Labute approximate surface area is 140 Å². The number of rotatable bonds is 4. The SMILES string of the molecule is Cc1nnc(N2CCN(C(=O)CCc3ccccc3Cl)CC2)o1. The Balaban J connectivity index is 1.49. The van der Waals surface area contributed by atoms with E-state index in [-0.39, 0.29) is 5.91 Å². The molecule has 2 heterocycles. The number of aryl methyl sites for hydroxylation is 2. The Morgan fingerprint density at radius 2 is 1.96 bits per heavy atom. The van der Waals surface area contributed by atoms with Gasteiger partial charge >= 0.3 is 6.01 Å². The fourth-order valence-corrected chi connectivity index (χ4v) is 2.89. The summed E-state index contributed by atoms with van der Waals surface area (Å²) in [6.45, 7) is 4.52. The lowest BCUT2D eigenvalue weighted by Gasteiger charge is -2.33. The van der Waals surface area contributed by atoms with Crippen LogP contribution in [0.1, 0.15) is 17.9 Å². The summed E-state index contributed by atoms with van der Waals surface area (Å²) in [5.74, 6) is 0.713. The van der Waals surface area contributed by atoms with Gasteiger partial charge in [-0.2, -0.15) is 0 Å². The molecule has 6 nitrogen and oxygen atoms in total. The number of carbonyl (C=O) groups is 1. The monoisotopic (exact) mass is 334 g/mol. The van der Waals surface area contributed by atoms with Gasteiger partial charge in [0.1, 0.15) is 0 Å². The number of hydrogen-bond acceptors (Lipinski definition) is 5. The van der Waals surface area contributed by atoms with E-state index in [4.69, 9.17) is 16.0 Å². The first-order chi connectivity index (χ1) is 11.1. The summed E-state index contributed by atoms with van der Waals surface area (Å²) in [4.78, 5) is 16.2. The maximum atomic E-state index is 12.3. The van der Waals surface area contributed by atoms with Crippen LogP contribution >= 0.6 is 11.6 Å². The van der Waals surface area contributed by atoms with E-state index in [0.717, 1.165) is 10.6 Å². The van der Waals surface area contributed by atoms with Gasteiger partial charge in [0.25, 0.3) is 0 Å². The number of hydrogen-bond donors (Lipinski definition) is 0. The van der Waals surface area contributed by atoms with Gasteiger partial charge in [-0.1, -0.05) is 34.9 Å². The standard InChI is InChI=1S/C16H19ClN4O2/c1-12-18-19-16(23-12)21-10-8-20(9-11-21)15(22)7-6-13-4-2-3-5-14(13)17/h2-5H,6-11H2,1H3. The van der Waals surface area contributed by atoms with Gasteiger partial charge in [0.05, 0.1) is 0 Å². The molecule has 1 fully saturated rings. The largest absolute Gasteiger partial charge is 0.408 e. The lowest BCUT2D eigenvalue weighted by molar-refractivity contribution is -0.131. The number of carbonyl (C=O) groups excluding carboxylic acids is 1. The van der Waals surface area contributed by atoms with Crippen molar-refractivity contribution in [1.82, 2.24) is 15.1 Å². The Hall–Kier alpha value is -2.08. The average Bonchev–Trinajstić information content (AvgIpc) is 3.00. The zero-order chi connectivity index (χ0) is 16.2. The summed E-state index contributed by atoms with van der Waals surface area (Å²) >= 11 is 6.13. The van der Waals surface area contributed by atoms with Crippen LogP contribution in [0.4, 0.5) is 6.01 Å². The summed E-state index contributed by atoms with van der Waals surface area (Å²) in [6.07, 6.45) is 1.14. The van der Waals surface area contributed by atoms with Crippen LogP contribution in [0.5, 0.6) is 0 Å². The average molecular weight is 335 g/mol. The number of benzene rings is 1. The topological polar surface area (TPSA) is 62.5 Å². The first-order valence-electron chi connectivity index (χ1n) is 7.70. The zero-order valence-electron chi connectivity index (χ0n) is 13.0.